The Balaban J connectivity index is 1.46. The largest absolute Gasteiger partial charge is 0.355 e. The summed E-state index contributed by atoms with van der Waals surface area (Å²) in [6.45, 7) is 3.53. The number of nitrogens with zero attached hydrogens (tertiary/aromatic N) is 3. The van der Waals surface area contributed by atoms with Gasteiger partial charge in [-0.05, 0) is 23.4 Å². The lowest BCUT2D eigenvalue weighted by atomic mass is 10.2. The van der Waals surface area contributed by atoms with Crippen molar-refractivity contribution in [2.75, 3.05) is 6.54 Å². The van der Waals surface area contributed by atoms with Gasteiger partial charge in [-0.2, -0.15) is 5.10 Å². The predicted octanol–water partition coefficient (Wildman–Crippen LogP) is 3.06. The second-order valence-corrected chi connectivity index (χ2v) is 7.24. The quantitative estimate of drug-likeness (QED) is 0.715. The molecule has 3 heterocycles. The summed E-state index contributed by atoms with van der Waals surface area (Å²) in [5.41, 5.74) is 0.829. The molecular weight excluding hydrogens is 328 g/mol. The van der Waals surface area contributed by atoms with Crippen LogP contribution < -0.4 is 5.32 Å². The monoisotopic (exact) mass is 346 g/mol. The van der Waals surface area contributed by atoms with E-state index in [4.69, 9.17) is 0 Å². The normalized spacial score (nSPS) is 12.2. The van der Waals surface area contributed by atoms with Crippen LogP contribution >= 0.6 is 22.7 Å². The van der Waals surface area contributed by atoms with Crippen molar-refractivity contribution in [1.82, 2.24) is 20.1 Å². The first-order chi connectivity index (χ1) is 11.2. The topological polar surface area (TPSA) is 59.8 Å². The van der Waals surface area contributed by atoms with E-state index < -0.39 is 0 Å². The number of carbonyl (C=O) groups excluding carboxylic acids is 1. The van der Waals surface area contributed by atoms with Crippen molar-refractivity contribution in [2.45, 2.75) is 19.9 Å². The van der Waals surface area contributed by atoms with Crippen molar-refractivity contribution in [3.8, 4) is 9.88 Å². The summed E-state index contributed by atoms with van der Waals surface area (Å²) in [6, 6.07) is 5.96. The molecule has 0 unspecified atom stereocenters. The van der Waals surface area contributed by atoms with Gasteiger partial charge in [0.25, 0.3) is 0 Å². The number of rotatable bonds is 7. The van der Waals surface area contributed by atoms with Crippen LogP contribution in [0.15, 0.2) is 41.4 Å². The molecule has 0 aromatic carbocycles. The molecule has 3 aromatic rings. The van der Waals surface area contributed by atoms with Crippen molar-refractivity contribution >= 4 is 28.6 Å². The number of hydrogen-bond donors (Lipinski definition) is 1. The molecule has 7 heteroatoms. The predicted molar refractivity (Wildman–Crippen MR) is 93.5 cm³/mol. The van der Waals surface area contributed by atoms with Crippen LogP contribution in [0.4, 0.5) is 0 Å². The highest BCUT2D eigenvalue weighted by molar-refractivity contribution is 7.20. The van der Waals surface area contributed by atoms with Crippen LogP contribution in [0, 0.1) is 5.92 Å². The Kier molecular flexibility index (Phi) is 5.19. The van der Waals surface area contributed by atoms with E-state index in [1.165, 1.54) is 0 Å². The number of aromatic nitrogens is 3. The Hall–Kier alpha value is -1.99. The minimum absolute atomic E-state index is 0.0142. The van der Waals surface area contributed by atoms with E-state index in [-0.39, 0.29) is 5.91 Å². The van der Waals surface area contributed by atoms with Crippen molar-refractivity contribution in [1.29, 1.82) is 0 Å². The van der Waals surface area contributed by atoms with Crippen LogP contribution in [-0.4, -0.2) is 27.2 Å². The van der Waals surface area contributed by atoms with E-state index in [0.29, 0.717) is 18.9 Å². The van der Waals surface area contributed by atoms with Gasteiger partial charge in [0, 0.05) is 30.9 Å². The number of amides is 1. The Morgan fingerprint density at radius 3 is 3.04 bits per heavy atom. The molecule has 3 rings (SSSR count). The lowest BCUT2D eigenvalue weighted by molar-refractivity contribution is -0.120. The zero-order valence-electron chi connectivity index (χ0n) is 12.8. The minimum Gasteiger partial charge on any atom is -0.355 e. The first kappa shape index (κ1) is 15.9. The van der Waals surface area contributed by atoms with Gasteiger partial charge in [0.05, 0.1) is 17.0 Å². The summed E-state index contributed by atoms with van der Waals surface area (Å²) in [6.07, 6.45) is 4.02. The number of thiazole rings is 1. The summed E-state index contributed by atoms with van der Waals surface area (Å²) in [7, 11) is 0. The Morgan fingerprint density at radius 2 is 2.30 bits per heavy atom. The molecule has 1 N–H and O–H groups in total. The molecule has 0 saturated heterocycles. The third-order valence-electron chi connectivity index (χ3n) is 3.33. The van der Waals surface area contributed by atoms with Crippen molar-refractivity contribution in [3.63, 3.8) is 0 Å². The van der Waals surface area contributed by atoms with Gasteiger partial charge < -0.3 is 5.32 Å². The van der Waals surface area contributed by atoms with E-state index in [0.717, 1.165) is 22.1 Å². The van der Waals surface area contributed by atoms with Crippen LogP contribution in [-0.2, 0) is 17.8 Å². The average Bonchev–Trinajstić information content (AvgIpc) is 3.27. The van der Waals surface area contributed by atoms with Gasteiger partial charge in [-0.15, -0.1) is 22.7 Å². The van der Waals surface area contributed by atoms with Gasteiger partial charge in [-0.3, -0.25) is 9.48 Å². The highest BCUT2D eigenvalue weighted by Crippen LogP contribution is 2.27. The zero-order valence-corrected chi connectivity index (χ0v) is 14.4. The summed E-state index contributed by atoms with van der Waals surface area (Å²) in [5.74, 6) is 0.344. The lowest BCUT2D eigenvalue weighted by Gasteiger charge is -2.12. The molecule has 0 spiro atoms. The fourth-order valence-corrected chi connectivity index (χ4v) is 3.84. The Bertz CT molecular complexity index is 734. The minimum atomic E-state index is 0.0142. The van der Waals surface area contributed by atoms with E-state index in [2.05, 4.69) is 22.3 Å². The van der Waals surface area contributed by atoms with E-state index >= 15 is 0 Å². The molecule has 0 fully saturated rings. The molecular formula is C16H18N4OS2. The number of thiophene rings is 1. The average molecular weight is 346 g/mol. The molecule has 5 nitrogen and oxygen atoms in total. The molecule has 1 amide bonds. The molecule has 0 aliphatic carbocycles. The van der Waals surface area contributed by atoms with Gasteiger partial charge >= 0.3 is 0 Å². The Morgan fingerprint density at radius 1 is 1.39 bits per heavy atom. The van der Waals surface area contributed by atoms with Crippen molar-refractivity contribution in [2.24, 2.45) is 5.92 Å². The smallest absolute Gasteiger partial charge is 0.226 e. The summed E-state index contributed by atoms with van der Waals surface area (Å²) in [4.78, 5) is 17.7. The first-order valence-electron chi connectivity index (χ1n) is 7.43. The highest BCUT2D eigenvalue weighted by atomic mass is 32.1. The molecule has 120 valence electrons. The van der Waals surface area contributed by atoms with Crippen LogP contribution in [0.1, 0.15) is 12.6 Å². The second-order valence-electron chi connectivity index (χ2n) is 5.44. The maximum absolute atomic E-state index is 12.0. The van der Waals surface area contributed by atoms with Crippen LogP contribution in [0.2, 0.25) is 0 Å². The van der Waals surface area contributed by atoms with Gasteiger partial charge in [0.15, 0.2) is 0 Å². The number of nitrogens with one attached hydrogen (secondary N) is 1. The number of carbonyl (C=O) groups is 1. The maximum atomic E-state index is 12.0. The molecule has 0 saturated carbocycles. The molecule has 0 aliphatic rings. The van der Waals surface area contributed by atoms with Crippen LogP contribution in [0.5, 0.6) is 0 Å². The van der Waals surface area contributed by atoms with Gasteiger partial charge in [-0.25, -0.2) is 4.98 Å². The number of hydrogen-bond acceptors (Lipinski definition) is 5. The highest BCUT2D eigenvalue weighted by Gasteiger charge is 2.11. The van der Waals surface area contributed by atoms with Gasteiger partial charge in [0.2, 0.25) is 5.91 Å². The van der Waals surface area contributed by atoms with Crippen LogP contribution in [0.3, 0.4) is 0 Å². The molecule has 0 radical (unpaired) electrons. The molecule has 3 aromatic heterocycles. The third-order valence-corrected chi connectivity index (χ3v) is 5.26. The second kappa shape index (κ2) is 7.52. The fraction of sp³-hybridized carbons (Fsp3) is 0.312. The Labute approximate surface area is 143 Å². The fourth-order valence-electron chi connectivity index (χ4n) is 2.21. The van der Waals surface area contributed by atoms with Crippen LogP contribution in [0.25, 0.3) is 9.88 Å². The first-order valence-corrected chi connectivity index (χ1v) is 9.19. The molecule has 0 aliphatic heterocycles. The summed E-state index contributed by atoms with van der Waals surface area (Å²) >= 11 is 3.25. The van der Waals surface area contributed by atoms with Gasteiger partial charge in [0.1, 0.15) is 5.01 Å². The molecule has 1 atom stereocenters. The third kappa shape index (κ3) is 4.49. The lowest BCUT2D eigenvalue weighted by Crippen LogP contribution is -2.31. The van der Waals surface area contributed by atoms with Gasteiger partial charge in [-0.1, -0.05) is 13.0 Å². The van der Waals surface area contributed by atoms with Crippen molar-refractivity contribution in [3.05, 3.63) is 47.0 Å². The summed E-state index contributed by atoms with van der Waals surface area (Å²) in [5, 5.41) is 12.1. The molecule has 0 bridgehead atoms. The molecule has 23 heavy (non-hydrogen) atoms. The van der Waals surface area contributed by atoms with E-state index in [1.54, 1.807) is 28.9 Å². The standard InChI is InChI=1S/C16H18N4OS2/c1-12(10-20-6-3-5-18-20)9-17-15(21)8-13-11-23-16(19-13)14-4-2-7-22-14/h2-7,11-12H,8-10H2,1H3,(H,17,21)/t12-/m0/s1. The summed E-state index contributed by atoms with van der Waals surface area (Å²) < 4.78 is 1.88. The van der Waals surface area contributed by atoms with E-state index in [9.17, 15) is 4.79 Å². The SMILES string of the molecule is C[C@@H](CNC(=O)Cc1csc(-c2cccs2)n1)Cn1cccn1. The zero-order chi connectivity index (χ0) is 16.1. The van der Waals surface area contributed by atoms with Crippen molar-refractivity contribution < 1.29 is 4.79 Å². The maximum Gasteiger partial charge on any atom is 0.226 e. The van der Waals surface area contributed by atoms with E-state index in [1.807, 2.05) is 39.8 Å².